The molecule has 5 heteroatoms. The maximum atomic E-state index is 12.3. The lowest BCUT2D eigenvalue weighted by molar-refractivity contribution is 0.0938. The van der Waals surface area contributed by atoms with Gasteiger partial charge in [-0.1, -0.05) is 17.3 Å². The van der Waals surface area contributed by atoms with Crippen LogP contribution < -0.4 is 10.1 Å². The first-order chi connectivity index (χ1) is 10.4. The van der Waals surface area contributed by atoms with E-state index in [0.717, 1.165) is 11.3 Å². The fourth-order valence-corrected chi connectivity index (χ4v) is 2.27. The highest BCUT2D eigenvalue weighted by Crippen LogP contribution is 2.20. The second-order valence-electron chi connectivity index (χ2n) is 5.63. The molecule has 0 saturated carbocycles. The topological polar surface area (TPSA) is 64.4 Å². The quantitative estimate of drug-likeness (QED) is 0.917. The van der Waals surface area contributed by atoms with Gasteiger partial charge in [-0.25, -0.2) is 0 Å². The lowest BCUT2D eigenvalue weighted by Gasteiger charge is -2.15. The first kappa shape index (κ1) is 16.1. The van der Waals surface area contributed by atoms with Crippen molar-refractivity contribution in [1.82, 2.24) is 10.5 Å². The molecule has 0 spiro atoms. The second kappa shape index (κ2) is 6.64. The van der Waals surface area contributed by atoms with Crippen molar-refractivity contribution in [2.75, 3.05) is 0 Å². The summed E-state index contributed by atoms with van der Waals surface area (Å²) in [7, 11) is 0. The highest BCUT2D eigenvalue weighted by atomic mass is 16.5. The third-order valence-corrected chi connectivity index (χ3v) is 3.36. The minimum Gasteiger partial charge on any atom is -0.491 e. The average Bonchev–Trinajstić information content (AvgIpc) is 2.78. The molecule has 5 nitrogen and oxygen atoms in total. The van der Waals surface area contributed by atoms with Crippen LogP contribution in [-0.4, -0.2) is 17.2 Å². The van der Waals surface area contributed by atoms with Crippen LogP contribution in [0, 0.1) is 13.8 Å². The van der Waals surface area contributed by atoms with E-state index in [-0.39, 0.29) is 18.1 Å². The van der Waals surface area contributed by atoms with E-state index in [1.165, 1.54) is 0 Å². The number of aryl methyl sites for hydroxylation is 2. The third kappa shape index (κ3) is 3.67. The molecule has 1 aromatic heterocycles. The molecule has 1 amide bonds. The molecule has 0 fully saturated rings. The summed E-state index contributed by atoms with van der Waals surface area (Å²) in [6.07, 6.45) is 0.141. The highest BCUT2D eigenvalue weighted by molar-refractivity contribution is 5.96. The number of carbonyl (C=O) groups is 1. The molecular weight excluding hydrogens is 280 g/mol. The minimum absolute atomic E-state index is 0.116. The van der Waals surface area contributed by atoms with Crippen molar-refractivity contribution < 1.29 is 14.1 Å². The van der Waals surface area contributed by atoms with E-state index in [0.29, 0.717) is 17.0 Å². The molecule has 0 aliphatic heterocycles. The van der Waals surface area contributed by atoms with Crippen LogP contribution in [-0.2, 0) is 0 Å². The number of hydrogen-bond donors (Lipinski definition) is 1. The van der Waals surface area contributed by atoms with Gasteiger partial charge in [-0.05, 0) is 52.3 Å². The Morgan fingerprint density at radius 2 is 1.82 bits per heavy atom. The Morgan fingerprint density at radius 3 is 2.32 bits per heavy atom. The van der Waals surface area contributed by atoms with E-state index < -0.39 is 0 Å². The zero-order valence-electron chi connectivity index (χ0n) is 13.6. The zero-order valence-corrected chi connectivity index (χ0v) is 13.6. The molecule has 0 saturated heterocycles. The number of benzene rings is 1. The summed E-state index contributed by atoms with van der Waals surface area (Å²) in [5.41, 5.74) is 2.12. The molecule has 1 atom stereocenters. The lowest BCUT2D eigenvalue weighted by Crippen LogP contribution is -2.27. The molecule has 22 heavy (non-hydrogen) atoms. The average molecular weight is 302 g/mol. The first-order valence-electron chi connectivity index (χ1n) is 7.39. The molecule has 0 radical (unpaired) electrons. The van der Waals surface area contributed by atoms with Crippen molar-refractivity contribution in [2.24, 2.45) is 0 Å². The summed E-state index contributed by atoms with van der Waals surface area (Å²) in [5.74, 6) is 1.18. The van der Waals surface area contributed by atoms with Gasteiger partial charge in [0.15, 0.2) is 0 Å². The highest BCUT2D eigenvalue weighted by Gasteiger charge is 2.19. The molecule has 0 aliphatic rings. The fraction of sp³-hybridized carbons (Fsp3) is 0.412. The Morgan fingerprint density at radius 1 is 1.18 bits per heavy atom. The van der Waals surface area contributed by atoms with Crippen LogP contribution >= 0.6 is 0 Å². The second-order valence-corrected chi connectivity index (χ2v) is 5.63. The first-order valence-corrected chi connectivity index (χ1v) is 7.39. The molecule has 2 aromatic rings. The number of ether oxygens (including phenoxy) is 1. The molecular formula is C17H22N2O3. The Bertz CT molecular complexity index is 625. The number of hydrogen-bond acceptors (Lipinski definition) is 4. The van der Waals surface area contributed by atoms with Crippen molar-refractivity contribution in [3.63, 3.8) is 0 Å². The predicted molar refractivity (Wildman–Crippen MR) is 84.1 cm³/mol. The van der Waals surface area contributed by atoms with Crippen molar-refractivity contribution in [3.8, 4) is 5.75 Å². The van der Waals surface area contributed by atoms with Crippen LogP contribution in [0.2, 0.25) is 0 Å². The van der Waals surface area contributed by atoms with Gasteiger partial charge in [0.05, 0.1) is 17.8 Å². The van der Waals surface area contributed by atoms with Gasteiger partial charge in [-0.2, -0.15) is 0 Å². The smallest absolute Gasteiger partial charge is 0.257 e. The summed E-state index contributed by atoms with van der Waals surface area (Å²) >= 11 is 0. The minimum atomic E-state index is -0.175. The lowest BCUT2D eigenvalue weighted by atomic mass is 10.1. The SMILES string of the molecule is Cc1noc(C)c1C(=O)NC(C)c1ccc(OC(C)C)cc1. The van der Waals surface area contributed by atoms with Crippen LogP contribution in [0.5, 0.6) is 5.75 Å². The summed E-state index contributed by atoms with van der Waals surface area (Å²) < 4.78 is 10.6. The summed E-state index contributed by atoms with van der Waals surface area (Å²) in [5, 5.41) is 6.76. The van der Waals surface area contributed by atoms with Crippen LogP contribution in [0.3, 0.4) is 0 Å². The van der Waals surface area contributed by atoms with Gasteiger partial charge in [-0.15, -0.1) is 0 Å². The van der Waals surface area contributed by atoms with Crippen molar-refractivity contribution >= 4 is 5.91 Å². The van der Waals surface area contributed by atoms with E-state index in [2.05, 4.69) is 10.5 Å². The maximum absolute atomic E-state index is 12.3. The molecule has 1 N–H and O–H groups in total. The number of aromatic nitrogens is 1. The standard InChI is InChI=1S/C17H22N2O3/c1-10(2)21-15-8-6-14(7-9-15)11(3)18-17(20)16-12(4)19-22-13(16)5/h6-11H,1-5H3,(H,18,20). The Hall–Kier alpha value is -2.30. The molecule has 0 aliphatic carbocycles. The van der Waals surface area contributed by atoms with Gasteiger partial charge in [0.1, 0.15) is 17.1 Å². The fourth-order valence-electron chi connectivity index (χ4n) is 2.27. The Labute approximate surface area is 130 Å². The maximum Gasteiger partial charge on any atom is 0.257 e. The molecule has 1 unspecified atom stereocenters. The molecule has 1 aromatic carbocycles. The van der Waals surface area contributed by atoms with Crippen LogP contribution in [0.15, 0.2) is 28.8 Å². The van der Waals surface area contributed by atoms with Gasteiger partial charge >= 0.3 is 0 Å². The number of rotatable bonds is 5. The van der Waals surface area contributed by atoms with Crippen molar-refractivity contribution in [2.45, 2.75) is 46.8 Å². The van der Waals surface area contributed by atoms with Gasteiger partial charge in [0.25, 0.3) is 5.91 Å². The predicted octanol–water partition coefficient (Wildman–Crippen LogP) is 3.57. The van der Waals surface area contributed by atoms with Gasteiger partial charge in [0.2, 0.25) is 0 Å². The number of amides is 1. The summed E-state index contributed by atoms with van der Waals surface area (Å²) in [6.45, 7) is 9.40. The summed E-state index contributed by atoms with van der Waals surface area (Å²) in [6, 6.07) is 7.61. The van der Waals surface area contributed by atoms with Crippen LogP contribution in [0.1, 0.15) is 54.2 Å². The summed E-state index contributed by atoms with van der Waals surface area (Å²) in [4.78, 5) is 12.3. The molecule has 0 bridgehead atoms. The van der Waals surface area contributed by atoms with E-state index in [1.807, 2.05) is 45.0 Å². The zero-order chi connectivity index (χ0) is 16.3. The monoisotopic (exact) mass is 302 g/mol. The van der Waals surface area contributed by atoms with Gasteiger partial charge in [0, 0.05) is 0 Å². The Kier molecular flexibility index (Phi) is 4.85. The van der Waals surface area contributed by atoms with Gasteiger partial charge in [-0.3, -0.25) is 4.79 Å². The number of carbonyl (C=O) groups excluding carboxylic acids is 1. The third-order valence-electron chi connectivity index (χ3n) is 3.36. The van der Waals surface area contributed by atoms with Crippen LogP contribution in [0.4, 0.5) is 0 Å². The molecule has 1 heterocycles. The van der Waals surface area contributed by atoms with E-state index >= 15 is 0 Å². The number of nitrogens with zero attached hydrogens (tertiary/aromatic N) is 1. The van der Waals surface area contributed by atoms with Gasteiger partial charge < -0.3 is 14.6 Å². The Balaban J connectivity index is 2.06. The van der Waals surface area contributed by atoms with E-state index in [1.54, 1.807) is 13.8 Å². The molecule has 118 valence electrons. The van der Waals surface area contributed by atoms with Crippen molar-refractivity contribution in [1.29, 1.82) is 0 Å². The number of nitrogens with one attached hydrogen (secondary N) is 1. The van der Waals surface area contributed by atoms with Crippen LogP contribution in [0.25, 0.3) is 0 Å². The van der Waals surface area contributed by atoms with E-state index in [4.69, 9.17) is 9.26 Å². The van der Waals surface area contributed by atoms with E-state index in [9.17, 15) is 4.79 Å². The molecule has 2 rings (SSSR count). The van der Waals surface area contributed by atoms with Crippen molar-refractivity contribution in [3.05, 3.63) is 46.8 Å². The largest absolute Gasteiger partial charge is 0.491 e. The normalized spacial score (nSPS) is 12.3.